The molecule has 0 saturated heterocycles. The monoisotopic (exact) mass is 846 g/mol. The van der Waals surface area contributed by atoms with Crippen molar-refractivity contribution in [2.75, 3.05) is 0 Å². The minimum absolute atomic E-state index is 0. The zero-order chi connectivity index (χ0) is 20.7. The van der Waals surface area contributed by atoms with Gasteiger partial charge in [-0.3, -0.25) is 4.79 Å². The van der Waals surface area contributed by atoms with Crippen molar-refractivity contribution in [3.63, 3.8) is 0 Å². The third-order valence-corrected chi connectivity index (χ3v) is 6.15. The summed E-state index contributed by atoms with van der Waals surface area (Å²) in [7, 11) is 0. The van der Waals surface area contributed by atoms with E-state index in [0.717, 1.165) is 22.6 Å². The van der Waals surface area contributed by atoms with E-state index in [2.05, 4.69) is 110 Å². The summed E-state index contributed by atoms with van der Waals surface area (Å²) < 4.78 is 4.02. The molecule has 0 aliphatic rings. The smallest absolute Gasteiger partial charge is 1.00 e. The average molecular weight is 849 g/mol. The van der Waals surface area contributed by atoms with Crippen LogP contribution >= 0.6 is 82.0 Å². The summed E-state index contributed by atoms with van der Waals surface area (Å²) >= 11 is 17.2. The minimum atomic E-state index is -0.361. The quantitative estimate of drug-likeness (QED) is 0.118. The maximum absolute atomic E-state index is 9.21. The van der Waals surface area contributed by atoms with Crippen LogP contribution in [0.25, 0.3) is 21.5 Å². The number of hydrogen-bond donors (Lipinski definition) is 0. The second-order valence-electron chi connectivity index (χ2n) is 5.36. The average Bonchev–Trinajstić information content (AvgIpc) is 2.68. The van der Waals surface area contributed by atoms with E-state index in [1.807, 2.05) is 36.5 Å². The molecule has 4 aromatic rings. The van der Waals surface area contributed by atoms with Gasteiger partial charge in [0.05, 0.1) is 0 Å². The molecule has 2 aromatic heterocycles. The molecule has 0 N–H and O–H groups in total. The van der Waals surface area contributed by atoms with Crippen LogP contribution in [-0.4, -0.2) is 15.2 Å². The molecule has 0 unspecified atom stereocenters. The third kappa shape index (κ3) is 9.54. The molecule has 4 rings (SSSR count). The van der Waals surface area contributed by atoms with Crippen molar-refractivity contribution in [2.24, 2.45) is 0 Å². The Morgan fingerprint density at radius 1 is 0.833 bits per heavy atom. The number of nitrogens with zero attached hydrogens (tertiary/aromatic N) is 2. The number of benzene rings is 2. The fourth-order valence-corrected chi connectivity index (χ4v) is 4.20. The van der Waals surface area contributed by atoms with Crippen LogP contribution in [0.1, 0.15) is 6.92 Å². The molecule has 10 heteroatoms. The molecule has 30 heavy (non-hydrogen) atoms. The maximum Gasteiger partial charge on any atom is 1.00 e. The van der Waals surface area contributed by atoms with E-state index >= 15 is 0 Å². The van der Waals surface area contributed by atoms with Crippen LogP contribution in [0.15, 0.2) is 74.5 Å². The van der Waals surface area contributed by atoms with Crippen LogP contribution in [0.3, 0.4) is 0 Å². The van der Waals surface area contributed by atoms with Crippen molar-refractivity contribution in [2.45, 2.75) is 6.92 Å². The summed E-state index contributed by atoms with van der Waals surface area (Å²) in [5.74, 6) is 0. The summed E-state index contributed by atoms with van der Waals surface area (Å²) in [5, 5.41) is 4.37. The molecule has 0 atom stereocenters. The first-order valence-electron chi connectivity index (χ1n) is 7.84. The molecular weight excluding hydrogens is 836 g/mol. The van der Waals surface area contributed by atoms with Crippen LogP contribution in [-0.2, 0) is 4.79 Å². The molecule has 0 radical (unpaired) electrons. The molecule has 0 aliphatic heterocycles. The van der Waals surface area contributed by atoms with E-state index in [9.17, 15) is 4.79 Å². The Morgan fingerprint density at radius 2 is 1.20 bits per heavy atom. The first kappa shape index (κ1) is 31.1. The molecular formula is C20H13Br3ClI2N2NaO. The standard InChI is InChI=1S/C9H5Br2N.C9H5BrIN.C2H3ClO.HI.Na/c2*10-8-5-12-9(11)7-4-2-1-3-6(7)8;1-2(3)4;;/h2*1-5H;1H3;1H;/q;;;;+1/p-1. The molecule has 0 aliphatic carbocycles. The van der Waals surface area contributed by atoms with E-state index in [1.54, 1.807) is 6.20 Å². The minimum Gasteiger partial charge on any atom is -1.00 e. The summed E-state index contributed by atoms with van der Waals surface area (Å²) in [6.07, 6.45) is 3.64. The SMILES string of the molecule is Brc1cnc(Br)c2ccccc12.Brc1cnc(I)c2ccccc12.CC(=O)Cl.[I-].[Na+]. The number of halogens is 6. The number of pyridine rings is 2. The first-order valence-corrected chi connectivity index (χ1v) is 11.7. The van der Waals surface area contributed by atoms with E-state index in [0.29, 0.717) is 0 Å². The molecule has 3 nitrogen and oxygen atoms in total. The number of aromatic nitrogens is 2. The Labute approximate surface area is 258 Å². The van der Waals surface area contributed by atoms with Crippen molar-refractivity contribution in [1.82, 2.24) is 9.97 Å². The van der Waals surface area contributed by atoms with E-state index in [-0.39, 0.29) is 58.8 Å². The predicted molar refractivity (Wildman–Crippen MR) is 136 cm³/mol. The summed E-state index contributed by atoms with van der Waals surface area (Å²) in [6, 6.07) is 16.3. The van der Waals surface area contributed by atoms with E-state index < -0.39 is 0 Å². The number of fused-ring (bicyclic) bond motifs is 2. The molecule has 0 amide bonds. The normalized spacial score (nSPS) is 9.27. The Hall–Kier alpha value is 1.12. The van der Waals surface area contributed by atoms with Crippen LogP contribution in [0, 0.1) is 3.70 Å². The Kier molecular flexibility index (Phi) is 16.5. The van der Waals surface area contributed by atoms with Crippen molar-refractivity contribution in [3.05, 3.63) is 78.2 Å². The topological polar surface area (TPSA) is 42.9 Å². The largest absolute Gasteiger partial charge is 1.00 e. The van der Waals surface area contributed by atoms with Gasteiger partial charge in [-0.2, -0.15) is 0 Å². The van der Waals surface area contributed by atoms with E-state index in [1.165, 1.54) is 23.1 Å². The van der Waals surface area contributed by atoms with Gasteiger partial charge in [0.15, 0.2) is 0 Å². The van der Waals surface area contributed by atoms with Gasteiger partial charge in [0.25, 0.3) is 0 Å². The maximum atomic E-state index is 9.21. The summed E-state index contributed by atoms with van der Waals surface area (Å²) in [4.78, 5) is 17.6. The Bertz CT molecular complexity index is 967. The molecule has 152 valence electrons. The number of carbonyl (C=O) groups is 1. The van der Waals surface area contributed by atoms with Crippen LogP contribution in [0.5, 0.6) is 0 Å². The van der Waals surface area contributed by atoms with Crippen LogP contribution in [0.2, 0.25) is 0 Å². The first-order chi connectivity index (χ1) is 13.3. The zero-order valence-electron chi connectivity index (χ0n) is 15.8. The van der Waals surface area contributed by atoms with Gasteiger partial charge in [-0.05, 0) is 82.0 Å². The van der Waals surface area contributed by atoms with Crippen LogP contribution < -0.4 is 53.5 Å². The van der Waals surface area contributed by atoms with Gasteiger partial charge >= 0.3 is 29.6 Å². The van der Waals surface area contributed by atoms with Crippen molar-refractivity contribution < 1.29 is 58.3 Å². The van der Waals surface area contributed by atoms with Gasteiger partial charge in [0.2, 0.25) is 5.24 Å². The Morgan fingerprint density at radius 3 is 1.63 bits per heavy atom. The van der Waals surface area contributed by atoms with E-state index in [4.69, 9.17) is 0 Å². The molecule has 0 fully saturated rings. The van der Waals surface area contributed by atoms with Gasteiger partial charge in [0.1, 0.15) is 8.30 Å². The predicted octanol–water partition coefficient (Wildman–Crippen LogP) is 2.14. The van der Waals surface area contributed by atoms with Crippen LogP contribution in [0.4, 0.5) is 0 Å². The zero-order valence-corrected chi connectivity index (χ0v) is 27.7. The van der Waals surface area contributed by atoms with Crippen molar-refractivity contribution in [1.29, 1.82) is 0 Å². The third-order valence-electron chi connectivity index (χ3n) is 3.40. The number of carbonyl (C=O) groups excluding carboxylic acids is 1. The molecule has 0 spiro atoms. The molecule has 0 bridgehead atoms. The summed E-state index contributed by atoms with van der Waals surface area (Å²) in [5.41, 5.74) is 0. The van der Waals surface area contributed by atoms with Gasteiger partial charge < -0.3 is 24.0 Å². The molecule has 0 saturated carbocycles. The van der Waals surface area contributed by atoms with Gasteiger partial charge in [-0.15, -0.1) is 0 Å². The fraction of sp³-hybridized carbons (Fsp3) is 0.0500. The fourth-order valence-electron chi connectivity index (χ4n) is 2.25. The molecule has 2 aromatic carbocycles. The number of hydrogen-bond acceptors (Lipinski definition) is 3. The second-order valence-corrected chi connectivity index (χ2v) is 9.37. The second kappa shape index (κ2) is 15.9. The van der Waals surface area contributed by atoms with Crippen molar-refractivity contribution in [3.8, 4) is 0 Å². The molecule has 2 heterocycles. The summed E-state index contributed by atoms with van der Waals surface area (Å²) in [6.45, 7) is 1.29. The van der Waals surface area contributed by atoms with Gasteiger partial charge in [-0.1, -0.05) is 48.5 Å². The van der Waals surface area contributed by atoms with Gasteiger partial charge in [0, 0.05) is 49.8 Å². The number of rotatable bonds is 0. The van der Waals surface area contributed by atoms with Crippen molar-refractivity contribution >= 4 is 109 Å². The Balaban J connectivity index is 0.000000452. The van der Waals surface area contributed by atoms with Gasteiger partial charge in [-0.25, -0.2) is 9.97 Å².